The van der Waals surface area contributed by atoms with Crippen molar-refractivity contribution in [2.45, 2.75) is 30.8 Å². The van der Waals surface area contributed by atoms with E-state index in [1.165, 1.54) is 38.5 Å². The van der Waals surface area contributed by atoms with E-state index in [1.54, 1.807) is 12.1 Å². The maximum atomic E-state index is 12.9. The van der Waals surface area contributed by atoms with E-state index in [9.17, 15) is 31.5 Å². The van der Waals surface area contributed by atoms with Crippen molar-refractivity contribution in [3.05, 3.63) is 42.0 Å². The lowest BCUT2D eigenvalue weighted by molar-refractivity contribution is -0.192. The Bertz CT molecular complexity index is 1170. The van der Waals surface area contributed by atoms with E-state index >= 15 is 0 Å². The lowest BCUT2D eigenvalue weighted by atomic mass is 10.1. The minimum absolute atomic E-state index is 0.0152. The predicted octanol–water partition coefficient (Wildman–Crippen LogP) is 4.07. The molecular formula is C22H27F3N2O8S. The predicted molar refractivity (Wildman–Crippen MR) is 126 cm³/mol. The second-order valence-electron chi connectivity index (χ2n) is 7.24. The second-order valence-corrected chi connectivity index (χ2v) is 8.89. The number of methoxy groups -OCH3 is 2. The summed E-state index contributed by atoms with van der Waals surface area (Å²) >= 11 is 0. The summed E-state index contributed by atoms with van der Waals surface area (Å²) in [5.41, 5.74) is 0.675. The SMILES string of the molecule is CCCCN(C)c1ccc(NS(=O)(=O)c2cc(OC)ccc2OC)cc1C(=O)O.O=C(O)C(F)(F)F. The highest BCUT2D eigenvalue weighted by atomic mass is 32.2. The third-order valence-electron chi connectivity index (χ3n) is 4.64. The van der Waals surface area contributed by atoms with E-state index in [2.05, 4.69) is 11.6 Å². The van der Waals surface area contributed by atoms with Gasteiger partial charge in [0.1, 0.15) is 16.4 Å². The van der Waals surface area contributed by atoms with E-state index in [0.717, 1.165) is 12.8 Å². The number of halogens is 3. The van der Waals surface area contributed by atoms with Crippen molar-refractivity contribution in [3.8, 4) is 11.5 Å². The number of ether oxygens (including phenoxy) is 2. The van der Waals surface area contributed by atoms with Crippen molar-refractivity contribution in [1.82, 2.24) is 0 Å². The van der Waals surface area contributed by atoms with Gasteiger partial charge < -0.3 is 24.6 Å². The molecule has 0 aromatic heterocycles. The number of unbranched alkanes of at least 4 members (excludes halogenated alkanes) is 1. The Morgan fingerprint density at radius 1 is 1.06 bits per heavy atom. The lowest BCUT2D eigenvalue weighted by Crippen LogP contribution is -2.21. The van der Waals surface area contributed by atoms with Crippen LogP contribution in [0.2, 0.25) is 0 Å². The average molecular weight is 537 g/mol. The largest absolute Gasteiger partial charge is 0.497 e. The summed E-state index contributed by atoms with van der Waals surface area (Å²) < 4.78 is 70.2. The van der Waals surface area contributed by atoms with Gasteiger partial charge in [0.05, 0.1) is 25.5 Å². The van der Waals surface area contributed by atoms with Crippen molar-refractivity contribution in [2.75, 3.05) is 37.4 Å². The van der Waals surface area contributed by atoms with Crippen molar-refractivity contribution < 1.29 is 50.9 Å². The van der Waals surface area contributed by atoms with E-state index in [-0.39, 0.29) is 21.9 Å². The first-order valence-electron chi connectivity index (χ1n) is 10.3. The molecule has 0 radical (unpaired) electrons. The Balaban J connectivity index is 0.000000809. The Labute approximate surface area is 206 Å². The fraction of sp³-hybridized carbons (Fsp3) is 0.364. The first-order chi connectivity index (χ1) is 16.7. The number of hydrogen-bond acceptors (Lipinski definition) is 7. The number of aliphatic carboxylic acids is 1. The van der Waals surface area contributed by atoms with Gasteiger partial charge in [0.2, 0.25) is 0 Å². The number of carboxylic acids is 2. The fourth-order valence-electron chi connectivity index (χ4n) is 2.82. The molecule has 36 heavy (non-hydrogen) atoms. The van der Waals surface area contributed by atoms with Gasteiger partial charge in [0, 0.05) is 25.3 Å². The Hall–Kier alpha value is -3.68. The number of hydrogen-bond donors (Lipinski definition) is 3. The quantitative estimate of drug-likeness (QED) is 0.409. The first-order valence-corrected chi connectivity index (χ1v) is 11.8. The first kappa shape index (κ1) is 30.4. The molecule has 3 N–H and O–H groups in total. The second kappa shape index (κ2) is 12.9. The molecule has 2 aromatic rings. The number of anilines is 2. The van der Waals surface area contributed by atoms with Crippen LogP contribution in [0.25, 0.3) is 0 Å². The van der Waals surface area contributed by atoms with E-state index in [1.807, 2.05) is 11.9 Å². The van der Waals surface area contributed by atoms with Crippen LogP contribution in [-0.2, 0) is 14.8 Å². The Morgan fingerprint density at radius 2 is 1.67 bits per heavy atom. The summed E-state index contributed by atoms with van der Waals surface area (Å²) in [6.07, 6.45) is -3.19. The molecule has 10 nitrogen and oxygen atoms in total. The van der Waals surface area contributed by atoms with Crippen LogP contribution >= 0.6 is 0 Å². The van der Waals surface area contributed by atoms with Gasteiger partial charge in [-0.15, -0.1) is 0 Å². The molecular weight excluding hydrogens is 509 g/mol. The number of sulfonamides is 1. The number of carbonyl (C=O) groups is 2. The number of carboxylic acid groups (broad SMARTS) is 2. The van der Waals surface area contributed by atoms with Gasteiger partial charge in [-0.2, -0.15) is 13.2 Å². The van der Waals surface area contributed by atoms with Crippen molar-refractivity contribution in [1.29, 1.82) is 0 Å². The highest BCUT2D eigenvalue weighted by Gasteiger charge is 2.38. The number of alkyl halides is 3. The molecule has 0 aliphatic rings. The molecule has 0 atom stereocenters. The summed E-state index contributed by atoms with van der Waals surface area (Å²) in [6, 6.07) is 8.86. The van der Waals surface area contributed by atoms with Gasteiger partial charge in [0.25, 0.3) is 10.0 Å². The molecule has 2 aromatic carbocycles. The fourth-order valence-corrected chi connectivity index (χ4v) is 4.06. The molecule has 0 unspecified atom stereocenters. The summed E-state index contributed by atoms with van der Waals surface area (Å²) in [4.78, 5) is 22.4. The van der Waals surface area contributed by atoms with Crippen LogP contribution < -0.4 is 19.1 Å². The number of aromatic carboxylic acids is 1. The van der Waals surface area contributed by atoms with Crippen LogP contribution in [0.3, 0.4) is 0 Å². The van der Waals surface area contributed by atoms with Crippen LogP contribution in [0.4, 0.5) is 24.5 Å². The molecule has 0 aliphatic carbocycles. The molecule has 0 amide bonds. The van der Waals surface area contributed by atoms with E-state index in [4.69, 9.17) is 19.4 Å². The van der Waals surface area contributed by atoms with Crippen molar-refractivity contribution >= 4 is 33.3 Å². The molecule has 2 rings (SSSR count). The maximum Gasteiger partial charge on any atom is 0.490 e. The molecule has 0 saturated heterocycles. The van der Waals surface area contributed by atoms with E-state index in [0.29, 0.717) is 18.0 Å². The lowest BCUT2D eigenvalue weighted by Gasteiger charge is -2.22. The minimum Gasteiger partial charge on any atom is -0.497 e. The zero-order valence-corrected chi connectivity index (χ0v) is 20.7. The smallest absolute Gasteiger partial charge is 0.490 e. The highest BCUT2D eigenvalue weighted by molar-refractivity contribution is 7.92. The summed E-state index contributed by atoms with van der Waals surface area (Å²) in [5, 5.41) is 16.7. The molecule has 0 saturated carbocycles. The molecule has 0 heterocycles. The average Bonchev–Trinajstić information content (AvgIpc) is 2.81. The molecule has 200 valence electrons. The number of nitrogens with zero attached hydrogens (tertiary/aromatic N) is 1. The summed E-state index contributed by atoms with van der Waals surface area (Å²) in [7, 11) is 0.562. The molecule has 14 heteroatoms. The van der Waals surface area contributed by atoms with Crippen LogP contribution in [0.15, 0.2) is 41.3 Å². The van der Waals surface area contributed by atoms with Crippen molar-refractivity contribution in [2.24, 2.45) is 0 Å². The standard InChI is InChI=1S/C20H26N2O6S.C2HF3O2/c1-5-6-11-22(2)17-9-7-14(12-16(17)20(23)24)21-29(25,26)19-13-15(27-3)8-10-18(19)28-4;3-2(4,5)1(6)7/h7-10,12-13,21H,5-6,11H2,1-4H3,(H,23,24);(H,6,7). The van der Waals surface area contributed by atoms with Crippen LogP contribution in [0.1, 0.15) is 30.1 Å². The molecule has 0 spiro atoms. The van der Waals surface area contributed by atoms with Gasteiger partial charge in [-0.05, 0) is 36.8 Å². The van der Waals surface area contributed by atoms with Gasteiger partial charge in [-0.25, -0.2) is 18.0 Å². The Morgan fingerprint density at radius 3 is 2.14 bits per heavy atom. The number of rotatable bonds is 10. The topological polar surface area (TPSA) is 142 Å². The third-order valence-corrected chi connectivity index (χ3v) is 6.04. The zero-order chi connectivity index (χ0) is 27.7. The van der Waals surface area contributed by atoms with Crippen LogP contribution in [-0.4, -0.2) is 64.6 Å². The normalized spacial score (nSPS) is 11.1. The zero-order valence-electron chi connectivity index (χ0n) is 19.9. The molecule has 0 fully saturated rings. The molecule has 0 aliphatic heterocycles. The monoisotopic (exact) mass is 536 g/mol. The van der Waals surface area contributed by atoms with Gasteiger partial charge in [-0.3, -0.25) is 4.72 Å². The highest BCUT2D eigenvalue weighted by Crippen LogP contribution is 2.31. The van der Waals surface area contributed by atoms with Crippen LogP contribution in [0.5, 0.6) is 11.5 Å². The van der Waals surface area contributed by atoms with E-state index < -0.39 is 28.1 Å². The van der Waals surface area contributed by atoms with Gasteiger partial charge in [0.15, 0.2) is 0 Å². The van der Waals surface area contributed by atoms with Crippen molar-refractivity contribution in [3.63, 3.8) is 0 Å². The number of benzene rings is 2. The minimum atomic E-state index is -5.08. The van der Waals surface area contributed by atoms with Gasteiger partial charge in [-0.1, -0.05) is 13.3 Å². The van der Waals surface area contributed by atoms with Crippen LogP contribution in [0, 0.1) is 0 Å². The maximum absolute atomic E-state index is 12.9. The number of nitrogens with one attached hydrogen (secondary N) is 1. The third kappa shape index (κ3) is 8.52. The molecule has 0 bridgehead atoms. The van der Waals surface area contributed by atoms with Gasteiger partial charge >= 0.3 is 18.1 Å². The summed E-state index contributed by atoms with van der Waals surface area (Å²) in [5.74, 6) is -3.39. The summed E-state index contributed by atoms with van der Waals surface area (Å²) in [6.45, 7) is 2.75. The Kier molecular flexibility index (Phi) is 10.8.